The molecule has 34 heavy (non-hydrogen) atoms. The first-order chi connectivity index (χ1) is 16.5. The van der Waals surface area contributed by atoms with Crippen LogP contribution in [0.25, 0.3) is 22.2 Å². The molecule has 174 valence electrons. The largest absolute Gasteiger partial charge is 0.424 e. The lowest BCUT2D eigenvalue weighted by Crippen LogP contribution is -2.25. The topological polar surface area (TPSA) is 112 Å². The van der Waals surface area contributed by atoms with Crippen LogP contribution < -0.4 is 15.2 Å². The molecule has 2 aromatic carbocycles. The highest BCUT2D eigenvalue weighted by Gasteiger charge is 2.29. The van der Waals surface area contributed by atoms with Crippen molar-refractivity contribution >= 4 is 26.6 Å². The van der Waals surface area contributed by atoms with Crippen LogP contribution in [0, 0.1) is 0 Å². The van der Waals surface area contributed by atoms with E-state index in [-0.39, 0.29) is 16.9 Å². The minimum Gasteiger partial charge on any atom is -0.424 e. The average Bonchev–Trinajstić information content (AvgIpc) is 3.57. The number of nitrogen functional groups attached to an aromatic ring is 1. The van der Waals surface area contributed by atoms with Gasteiger partial charge in [-0.2, -0.15) is 0 Å². The number of nitrogens with two attached hydrogens (primary N) is 1. The van der Waals surface area contributed by atoms with Crippen LogP contribution in [-0.4, -0.2) is 29.0 Å². The third-order valence-electron chi connectivity index (χ3n) is 6.54. The molecule has 2 fully saturated rings. The number of hydrogen-bond acceptors (Lipinski definition) is 6. The van der Waals surface area contributed by atoms with Crippen LogP contribution in [0.15, 0.2) is 65.8 Å². The van der Waals surface area contributed by atoms with Crippen LogP contribution in [0.3, 0.4) is 0 Å². The van der Waals surface area contributed by atoms with E-state index < -0.39 is 10.0 Å². The first kappa shape index (κ1) is 21.1. The number of anilines is 1. The molecule has 4 aromatic rings. The Morgan fingerprint density at radius 1 is 1.00 bits per heavy atom. The zero-order valence-corrected chi connectivity index (χ0v) is 19.3. The minimum absolute atomic E-state index is 0.0687. The smallest absolute Gasteiger partial charge is 0.321 e. The van der Waals surface area contributed by atoms with E-state index in [4.69, 9.17) is 10.5 Å². The molecule has 9 heteroatoms. The summed E-state index contributed by atoms with van der Waals surface area (Å²) in [5.74, 6) is 0.635. The Kier molecular flexibility index (Phi) is 5.04. The molecule has 2 aliphatic rings. The number of aromatic nitrogens is 3. The summed E-state index contributed by atoms with van der Waals surface area (Å²) in [5, 5.41) is 0.940. The number of rotatable bonds is 7. The first-order valence-electron chi connectivity index (χ1n) is 11.5. The molecule has 0 aliphatic heterocycles. The van der Waals surface area contributed by atoms with E-state index in [1.54, 1.807) is 30.6 Å². The lowest BCUT2D eigenvalue weighted by molar-refractivity contribution is 0.324. The fraction of sp³-hybridized carbons (Fsp3) is 0.280. The molecule has 2 saturated carbocycles. The highest BCUT2D eigenvalue weighted by atomic mass is 32.2. The number of sulfonamides is 1. The Bertz CT molecular complexity index is 1460. The molecular formula is C25H25N5O3S. The maximum atomic E-state index is 12.6. The van der Waals surface area contributed by atoms with Gasteiger partial charge in [-0.05, 0) is 62.4 Å². The van der Waals surface area contributed by atoms with Crippen molar-refractivity contribution in [3.05, 3.63) is 60.9 Å². The first-order valence-corrected chi connectivity index (χ1v) is 13.0. The molecule has 0 bridgehead atoms. The summed E-state index contributed by atoms with van der Waals surface area (Å²) in [6, 6.07) is 15.2. The van der Waals surface area contributed by atoms with Crippen LogP contribution in [0.4, 0.5) is 5.69 Å². The Labute approximate surface area is 197 Å². The molecule has 3 N–H and O–H groups in total. The molecule has 0 radical (unpaired) electrons. The summed E-state index contributed by atoms with van der Waals surface area (Å²) in [7, 11) is -3.50. The van der Waals surface area contributed by atoms with E-state index in [0.717, 1.165) is 47.8 Å². The van der Waals surface area contributed by atoms with Gasteiger partial charge in [-0.25, -0.2) is 23.1 Å². The van der Waals surface area contributed by atoms with Crippen molar-refractivity contribution in [1.29, 1.82) is 0 Å². The predicted octanol–water partition coefficient (Wildman–Crippen LogP) is 4.64. The molecule has 2 heterocycles. The zero-order valence-electron chi connectivity index (χ0n) is 18.5. The van der Waals surface area contributed by atoms with Crippen molar-refractivity contribution in [1.82, 2.24) is 19.3 Å². The lowest BCUT2D eigenvalue weighted by Gasteiger charge is -2.30. The molecule has 0 atom stereocenters. The quantitative estimate of drug-likeness (QED) is 0.403. The van der Waals surface area contributed by atoms with Crippen molar-refractivity contribution in [2.24, 2.45) is 0 Å². The monoisotopic (exact) mass is 475 g/mol. The highest BCUT2D eigenvalue weighted by Crippen LogP contribution is 2.45. The van der Waals surface area contributed by atoms with Gasteiger partial charge in [-0.1, -0.05) is 12.1 Å². The van der Waals surface area contributed by atoms with Crippen LogP contribution in [-0.2, 0) is 10.0 Å². The van der Waals surface area contributed by atoms with E-state index in [2.05, 4.69) is 19.3 Å². The second-order valence-electron chi connectivity index (χ2n) is 8.95. The van der Waals surface area contributed by atoms with Gasteiger partial charge in [0.15, 0.2) is 0 Å². The summed E-state index contributed by atoms with van der Waals surface area (Å²) < 4.78 is 36.1. The Balaban J connectivity index is 1.42. The normalized spacial score (nSPS) is 16.5. The van der Waals surface area contributed by atoms with Crippen molar-refractivity contribution in [3.8, 4) is 23.0 Å². The SMILES string of the molecule is Nc1c(-c2ccc(S(=O)(=O)NC3CC3)cc2)n(C2CCC2)c2cc(Oc3ncccn3)ccc12. The third kappa shape index (κ3) is 3.80. The molecule has 0 saturated heterocycles. The molecule has 2 aromatic heterocycles. The van der Waals surface area contributed by atoms with E-state index in [0.29, 0.717) is 17.5 Å². The summed E-state index contributed by atoms with van der Waals surface area (Å²) >= 11 is 0. The molecule has 8 nitrogen and oxygen atoms in total. The van der Waals surface area contributed by atoms with Gasteiger partial charge < -0.3 is 15.0 Å². The van der Waals surface area contributed by atoms with Crippen molar-refractivity contribution in [2.45, 2.75) is 49.1 Å². The summed E-state index contributed by atoms with van der Waals surface area (Å²) in [6.07, 6.45) is 8.38. The van der Waals surface area contributed by atoms with Crippen molar-refractivity contribution in [3.63, 3.8) is 0 Å². The second kappa shape index (κ2) is 8.11. The van der Waals surface area contributed by atoms with E-state index in [1.165, 1.54) is 6.42 Å². The standard InChI is InChI=1S/C25H25N5O3S/c26-23-21-12-9-19(33-25-27-13-2-14-28-25)15-22(21)30(18-3-1-4-18)24(23)16-5-10-20(11-6-16)34(31,32)29-17-7-8-17/h2,5-6,9-15,17-18,29H,1,3-4,7-8,26H2. The van der Waals surface area contributed by atoms with E-state index in [9.17, 15) is 8.42 Å². The zero-order chi connectivity index (χ0) is 23.3. The van der Waals surface area contributed by atoms with Gasteiger partial charge in [0.25, 0.3) is 0 Å². The average molecular weight is 476 g/mol. The van der Waals surface area contributed by atoms with Crippen LogP contribution in [0.1, 0.15) is 38.1 Å². The third-order valence-corrected chi connectivity index (χ3v) is 8.08. The fourth-order valence-electron chi connectivity index (χ4n) is 4.42. The number of nitrogens with zero attached hydrogens (tertiary/aromatic N) is 3. The number of fused-ring (bicyclic) bond motifs is 1. The summed E-state index contributed by atoms with van der Waals surface area (Å²) in [4.78, 5) is 8.55. The summed E-state index contributed by atoms with van der Waals surface area (Å²) in [6.45, 7) is 0. The van der Waals surface area contributed by atoms with E-state index in [1.807, 2.05) is 30.3 Å². The molecule has 0 spiro atoms. The number of benzene rings is 2. The molecule has 6 rings (SSSR count). The molecule has 0 amide bonds. The number of ether oxygens (including phenoxy) is 1. The van der Waals surface area contributed by atoms with E-state index >= 15 is 0 Å². The van der Waals surface area contributed by atoms with Crippen LogP contribution in [0.2, 0.25) is 0 Å². The maximum absolute atomic E-state index is 12.6. The minimum atomic E-state index is -3.50. The van der Waals surface area contributed by atoms with Gasteiger partial charge in [0.05, 0.1) is 21.8 Å². The maximum Gasteiger partial charge on any atom is 0.321 e. The van der Waals surface area contributed by atoms with Gasteiger partial charge in [0.1, 0.15) is 5.75 Å². The second-order valence-corrected chi connectivity index (χ2v) is 10.7. The van der Waals surface area contributed by atoms with Crippen LogP contribution >= 0.6 is 0 Å². The Hall–Kier alpha value is -3.43. The summed E-state index contributed by atoms with van der Waals surface area (Å²) in [5.41, 5.74) is 10.1. The van der Waals surface area contributed by atoms with Gasteiger partial charge >= 0.3 is 6.01 Å². The fourth-order valence-corrected chi connectivity index (χ4v) is 5.73. The number of nitrogens with one attached hydrogen (secondary N) is 1. The van der Waals surface area contributed by atoms with Crippen molar-refractivity contribution in [2.75, 3.05) is 5.73 Å². The molecular weight excluding hydrogens is 450 g/mol. The Morgan fingerprint density at radius 3 is 2.38 bits per heavy atom. The molecule has 2 aliphatic carbocycles. The molecule has 0 unspecified atom stereocenters. The van der Waals surface area contributed by atoms with Gasteiger partial charge in [0, 0.05) is 41.5 Å². The van der Waals surface area contributed by atoms with Gasteiger partial charge in [0.2, 0.25) is 10.0 Å². The lowest BCUT2D eigenvalue weighted by atomic mass is 9.92. The highest BCUT2D eigenvalue weighted by molar-refractivity contribution is 7.89. The van der Waals surface area contributed by atoms with Crippen molar-refractivity contribution < 1.29 is 13.2 Å². The van der Waals surface area contributed by atoms with Crippen LogP contribution in [0.5, 0.6) is 11.8 Å². The van der Waals surface area contributed by atoms with Gasteiger partial charge in [-0.3, -0.25) is 0 Å². The Morgan fingerprint density at radius 2 is 1.74 bits per heavy atom. The predicted molar refractivity (Wildman–Crippen MR) is 130 cm³/mol. The number of hydrogen-bond donors (Lipinski definition) is 2. The van der Waals surface area contributed by atoms with Gasteiger partial charge in [-0.15, -0.1) is 0 Å².